The number of likely N-dealkylation sites (N-methyl/N-ethyl adjacent to an activating group) is 1. The summed E-state index contributed by atoms with van der Waals surface area (Å²) in [4.78, 5) is 32.7. The minimum absolute atomic E-state index is 0.113. The maximum absolute atomic E-state index is 12.5. The van der Waals surface area contributed by atoms with Gasteiger partial charge in [0.1, 0.15) is 0 Å². The summed E-state index contributed by atoms with van der Waals surface area (Å²) in [7, 11) is 2.14. The van der Waals surface area contributed by atoms with Crippen LogP contribution in [0.5, 0.6) is 0 Å². The van der Waals surface area contributed by atoms with Gasteiger partial charge in [0.25, 0.3) is 0 Å². The summed E-state index contributed by atoms with van der Waals surface area (Å²) >= 11 is 1.72. The number of amides is 2. The molecule has 2 fully saturated rings. The van der Waals surface area contributed by atoms with Gasteiger partial charge in [0.15, 0.2) is 0 Å². The summed E-state index contributed by atoms with van der Waals surface area (Å²) in [6.07, 6.45) is 3.13. The topological polar surface area (TPSA) is 55.9 Å². The van der Waals surface area contributed by atoms with E-state index in [4.69, 9.17) is 0 Å². The number of thiophene rings is 1. The van der Waals surface area contributed by atoms with Gasteiger partial charge in [-0.2, -0.15) is 0 Å². The lowest BCUT2D eigenvalue weighted by Gasteiger charge is -2.40. The van der Waals surface area contributed by atoms with Crippen LogP contribution in [0.1, 0.15) is 37.1 Å². The van der Waals surface area contributed by atoms with Crippen LogP contribution in [0, 0.1) is 0 Å². The zero-order valence-corrected chi connectivity index (χ0v) is 16.6. The molecule has 2 aliphatic heterocycles. The van der Waals surface area contributed by atoms with Crippen LogP contribution in [0.15, 0.2) is 17.5 Å². The maximum Gasteiger partial charge on any atom is 0.311 e. The highest BCUT2D eigenvalue weighted by atomic mass is 32.1. The molecule has 26 heavy (non-hydrogen) atoms. The van der Waals surface area contributed by atoms with Crippen LogP contribution < -0.4 is 5.32 Å². The molecule has 3 heterocycles. The second-order valence-corrected chi connectivity index (χ2v) is 8.39. The Hall–Kier alpha value is -1.44. The monoisotopic (exact) mass is 378 g/mol. The molecule has 6 nitrogen and oxygen atoms in total. The minimum atomic E-state index is -0.463. The van der Waals surface area contributed by atoms with Crippen LogP contribution in [0.25, 0.3) is 0 Å². The molecule has 0 unspecified atom stereocenters. The Morgan fingerprint density at radius 1 is 1.08 bits per heavy atom. The smallest absolute Gasteiger partial charge is 0.311 e. The van der Waals surface area contributed by atoms with E-state index in [2.05, 4.69) is 39.7 Å². The number of nitrogens with one attached hydrogen (secondary N) is 1. The summed E-state index contributed by atoms with van der Waals surface area (Å²) in [5.74, 6) is -0.838. The molecule has 0 saturated carbocycles. The van der Waals surface area contributed by atoms with Gasteiger partial charge in [0.05, 0.1) is 6.04 Å². The first kappa shape index (κ1) is 19.3. The van der Waals surface area contributed by atoms with Crippen LogP contribution in [0.2, 0.25) is 0 Å². The maximum atomic E-state index is 12.5. The predicted molar refractivity (Wildman–Crippen MR) is 104 cm³/mol. The van der Waals surface area contributed by atoms with Crippen molar-refractivity contribution in [2.24, 2.45) is 0 Å². The lowest BCUT2D eigenvalue weighted by atomic mass is 10.0. The van der Waals surface area contributed by atoms with Crippen molar-refractivity contribution in [1.29, 1.82) is 0 Å². The number of carbonyl (C=O) groups excluding carboxylic acids is 2. The summed E-state index contributed by atoms with van der Waals surface area (Å²) < 4.78 is 0. The van der Waals surface area contributed by atoms with E-state index in [1.807, 2.05) is 6.92 Å². The number of hydrogen-bond acceptors (Lipinski definition) is 5. The Morgan fingerprint density at radius 3 is 2.38 bits per heavy atom. The van der Waals surface area contributed by atoms with Gasteiger partial charge in [-0.1, -0.05) is 6.07 Å². The summed E-state index contributed by atoms with van der Waals surface area (Å²) in [5.41, 5.74) is 0. The first-order valence-corrected chi connectivity index (χ1v) is 10.5. The molecule has 1 N–H and O–H groups in total. The molecule has 1 aromatic rings. The fourth-order valence-electron chi connectivity index (χ4n) is 3.89. The van der Waals surface area contributed by atoms with Gasteiger partial charge in [-0.15, -0.1) is 11.3 Å². The normalized spacial score (nSPS) is 22.0. The SMILES string of the molecule is C[C@H](NC(=O)C(=O)N1CCCCC1)[C@@H](c1cccs1)N1CCN(C)CC1. The predicted octanol–water partition coefficient (Wildman–Crippen LogP) is 1.55. The second-order valence-electron chi connectivity index (χ2n) is 7.41. The fraction of sp³-hybridized carbons (Fsp3) is 0.684. The number of nitrogens with zero attached hydrogens (tertiary/aromatic N) is 3. The quantitative estimate of drug-likeness (QED) is 0.808. The van der Waals surface area contributed by atoms with Crippen LogP contribution in [0.3, 0.4) is 0 Å². The Bertz CT molecular complexity index is 593. The van der Waals surface area contributed by atoms with Crippen molar-refractivity contribution in [2.45, 2.75) is 38.3 Å². The molecular weight excluding hydrogens is 348 g/mol. The van der Waals surface area contributed by atoms with Crippen molar-refractivity contribution < 1.29 is 9.59 Å². The Kier molecular flexibility index (Phi) is 6.67. The molecule has 3 rings (SSSR count). The number of piperazine rings is 1. The molecule has 0 radical (unpaired) electrons. The molecule has 2 saturated heterocycles. The third-order valence-corrected chi connectivity index (χ3v) is 6.38. The van der Waals surface area contributed by atoms with Crippen LogP contribution in [0.4, 0.5) is 0 Å². The van der Waals surface area contributed by atoms with E-state index in [1.54, 1.807) is 16.2 Å². The van der Waals surface area contributed by atoms with Crippen LogP contribution >= 0.6 is 11.3 Å². The van der Waals surface area contributed by atoms with E-state index in [0.29, 0.717) is 13.1 Å². The molecule has 0 aromatic carbocycles. The lowest BCUT2D eigenvalue weighted by molar-refractivity contribution is -0.147. The molecule has 0 spiro atoms. The molecule has 2 amide bonds. The van der Waals surface area contributed by atoms with E-state index < -0.39 is 5.91 Å². The van der Waals surface area contributed by atoms with E-state index in [0.717, 1.165) is 45.4 Å². The van der Waals surface area contributed by atoms with E-state index in [9.17, 15) is 9.59 Å². The van der Waals surface area contributed by atoms with E-state index in [-0.39, 0.29) is 18.0 Å². The zero-order valence-electron chi connectivity index (χ0n) is 15.8. The van der Waals surface area contributed by atoms with Gasteiger partial charge in [-0.05, 0) is 44.7 Å². The second kappa shape index (κ2) is 8.97. The zero-order chi connectivity index (χ0) is 18.5. The first-order valence-electron chi connectivity index (χ1n) is 9.62. The standard InChI is InChI=1S/C19H30N4O2S/c1-15(20-18(24)19(25)23-8-4-3-5-9-23)17(16-7-6-14-26-16)22-12-10-21(2)11-13-22/h6-7,14-15,17H,3-5,8-13H2,1-2H3,(H,20,24)/t15-,17-/m0/s1. The number of rotatable bonds is 4. The van der Waals surface area contributed by atoms with Gasteiger partial charge in [-0.25, -0.2) is 0 Å². The molecule has 7 heteroatoms. The average Bonchev–Trinajstić information content (AvgIpc) is 3.17. The minimum Gasteiger partial charge on any atom is -0.343 e. The summed E-state index contributed by atoms with van der Waals surface area (Å²) in [5, 5.41) is 5.07. The third-order valence-electron chi connectivity index (χ3n) is 5.44. The Morgan fingerprint density at radius 2 is 1.77 bits per heavy atom. The molecule has 144 valence electrons. The number of piperidine rings is 1. The highest BCUT2D eigenvalue weighted by Gasteiger charge is 2.32. The lowest BCUT2D eigenvalue weighted by Crippen LogP contribution is -2.53. The van der Waals surface area contributed by atoms with Crippen molar-refractivity contribution in [3.8, 4) is 0 Å². The molecule has 2 atom stereocenters. The highest BCUT2D eigenvalue weighted by Crippen LogP contribution is 2.29. The summed E-state index contributed by atoms with van der Waals surface area (Å²) in [6.45, 7) is 7.41. The van der Waals surface area contributed by atoms with Crippen molar-refractivity contribution >= 4 is 23.2 Å². The molecule has 0 bridgehead atoms. The first-order chi connectivity index (χ1) is 12.6. The molecule has 1 aromatic heterocycles. The van der Waals surface area contributed by atoms with Crippen molar-refractivity contribution in [3.63, 3.8) is 0 Å². The van der Waals surface area contributed by atoms with E-state index in [1.165, 1.54) is 4.88 Å². The highest BCUT2D eigenvalue weighted by molar-refractivity contribution is 7.10. The van der Waals surface area contributed by atoms with Gasteiger partial charge in [0, 0.05) is 50.2 Å². The van der Waals surface area contributed by atoms with E-state index >= 15 is 0 Å². The number of hydrogen-bond donors (Lipinski definition) is 1. The third kappa shape index (κ3) is 4.64. The van der Waals surface area contributed by atoms with Gasteiger partial charge in [-0.3, -0.25) is 14.5 Å². The Balaban J connectivity index is 1.66. The van der Waals surface area contributed by atoms with Gasteiger partial charge in [0.2, 0.25) is 0 Å². The number of likely N-dealkylation sites (tertiary alicyclic amines) is 1. The van der Waals surface area contributed by atoms with Gasteiger partial charge < -0.3 is 15.1 Å². The van der Waals surface area contributed by atoms with Crippen molar-refractivity contribution in [3.05, 3.63) is 22.4 Å². The van der Waals surface area contributed by atoms with Crippen LogP contribution in [-0.4, -0.2) is 78.9 Å². The number of carbonyl (C=O) groups is 2. The van der Waals surface area contributed by atoms with Gasteiger partial charge >= 0.3 is 11.8 Å². The summed E-state index contributed by atoms with van der Waals surface area (Å²) in [6, 6.07) is 4.18. The van der Waals surface area contributed by atoms with Crippen molar-refractivity contribution in [2.75, 3.05) is 46.3 Å². The van der Waals surface area contributed by atoms with Crippen molar-refractivity contribution in [1.82, 2.24) is 20.0 Å². The van der Waals surface area contributed by atoms with Crippen LogP contribution in [-0.2, 0) is 9.59 Å². The molecular formula is C19H30N4O2S. The molecule has 2 aliphatic rings. The fourth-order valence-corrected chi connectivity index (χ4v) is 4.85. The largest absolute Gasteiger partial charge is 0.343 e. The molecule has 0 aliphatic carbocycles. The average molecular weight is 379 g/mol. The Labute approximate surface area is 160 Å².